The first kappa shape index (κ1) is 22.5. The summed E-state index contributed by atoms with van der Waals surface area (Å²) < 4.78 is 0. The molecule has 0 atom stereocenters. The van der Waals surface area contributed by atoms with Crippen molar-refractivity contribution in [2.24, 2.45) is 4.99 Å². The van der Waals surface area contributed by atoms with E-state index in [1.165, 1.54) is 0 Å². The fourth-order valence-corrected chi connectivity index (χ4v) is 2.98. The van der Waals surface area contributed by atoms with Crippen molar-refractivity contribution in [3.63, 3.8) is 0 Å². The van der Waals surface area contributed by atoms with E-state index in [1.807, 2.05) is 24.3 Å². The number of nitrogens with zero attached hydrogens (tertiary/aromatic N) is 2. The zero-order chi connectivity index (χ0) is 17.2. The van der Waals surface area contributed by atoms with Crippen LogP contribution < -0.4 is 10.6 Å². The van der Waals surface area contributed by atoms with Crippen molar-refractivity contribution in [2.45, 2.75) is 38.8 Å². The quantitative estimate of drug-likeness (QED) is 0.243. The summed E-state index contributed by atoms with van der Waals surface area (Å²) in [5.41, 5.74) is 1.03. The van der Waals surface area contributed by atoms with Crippen molar-refractivity contribution < 1.29 is 5.11 Å². The molecule has 0 saturated carbocycles. The van der Waals surface area contributed by atoms with Gasteiger partial charge in [-0.25, -0.2) is 4.99 Å². The molecule has 7 heteroatoms. The molecule has 0 spiro atoms. The smallest absolute Gasteiger partial charge is 0.191 e. The molecule has 1 heterocycles. The summed E-state index contributed by atoms with van der Waals surface area (Å²) in [4.78, 5) is 7.02. The van der Waals surface area contributed by atoms with E-state index < -0.39 is 0 Å². The van der Waals surface area contributed by atoms with Gasteiger partial charge in [0.1, 0.15) is 0 Å². The zero-order valence-corrected chi connectivity index (χ0v) is 18.0. The number of aliphatic hydroxyl groups is 1. The van der Waals surface area contributed by atoms with Crippen molar-refractivity contribution in [3.8, 4) is 0 Å². The molecule has 1 saturated heterocycles. The summed E-state index contributed by atoms with van der Waals surface area (Å²) in [6.07, 6.45) is 2.76. The fourth-order valence-electron chi connectivity index (χ4n) is 2.78. The van der Waals surface area contributed by atoms with Crippen molar-refractivity contribution in [1.29, 1.82) is 0 Å². The lowest BCUT2D eigenvalue weighted by Crippen LogP contribution is -2.40. The lowest BCUT2D eigenvalue weighted by atomic mass is 10.1. The first-order valence-corrected chi connectivity index (χ1v) is 9.23. The molecular formula is C18H30ClIN4O. The van der Waals surface area contributed by atoms with E-state index in [9.17, 15) is 5.11 Å². The standard InChI is InChI=1S/C18H29ClN4O.HI/c1-2-20-18(22-14-15-6-3-4-7-17(15)19)21-10-5-11-23-12-8-16(24)9-13-23;/h3-4,6-7,16,24H,2,5,8-14H2,1H3,(H2,20,21,22);1H. The van der Waals surface area contributed by atoms with Crippen LogP contribution in [0, 0.1) is 0 Å². The maximum absolute atomic E-state index is 9.53. The normalized spacial score (nSPS) is 16.4. The van der Waals surface area contributed by atoms with Crippen LogP contribution >= 0.6 is 35.6 Å². The number of piperidine rings is 1. The van der Waals surface area contributed by atoms with Gasteiger partial charge in [0.2, 0.25) is 0 Å². The molecule has 5 nitrogen and oxygen atoms in total. The van der Waals surface area contributed by atoms with Gasteiger partial charge in [-0.05, 0) is 44.4 Å². The molecule has 1 aromatic carbocycles. The van der Waals surface area contributed by atoms with Crippen LogP contribution in [0.2, 0.25) is 5.02 Å². The van der Waals surface area contributed by atoms with Crippen LogP contribution in [-0.2, 0) is 6.54 Å². The highest BCUT2D eigenvalue weighted by Crippen LogP contribution is 2.15. The number of aliphatic imine (C=N–C) groups is 1. The van der Waals surface area contributed by atoms with Crippen molar-refractivity contribution in [1.82, 2.24) is 15.5 Å². The Hall–Kier alpha value is -0.570. The minimum atomic E-state index is -0.100. The Balaban J connectivity index is 0.00000312. The molecule has 0 amide bonds. The second kappa shape index (κ2) is 12.7. The molecule has 25 heavy (non-hydrogen) atoms. The van der Waals surface area contributed by atoms with Gasteiger partial charge < -0.3 is 20.6 Å². The van der Waals surface area contributed by atoms with Gasteiger partial charge in [0.25, 0.3) is 0 Å². The predicted molar refractivity (Wildman–Crippen MR) is 116 cm³/mol. The number of hydrogen-bond acceptors (Lipinski definition) is 3. The number of likely N-dealkylation sites (tertiary alicyclic amines) is 1. The Morgan fingerprint density at radius 2 is 2.00 bits per heavy atom. The molecule has 0 aromatic heterocycles. The van der Waals surface area contributed by atoms with E-state index in [0.29, 0.717) is 6.54 Å². The number of aliphatic hydroxyl groups excluding tert-OH is 1. The molecule has 0 unspecified atom stereocenters. The molecule has 1 aliphatic rings. The molecule has 3 N–H and O–H groups in total. The number of benzene rings is 1. The van der Waals surface area contributed by atoms with Gasteiger partial charge in [-0.3, -0.25) is 0 Å². The van der Waals surface area contributed by atoms with Gasteiger partial charge in [0, 0.05) is 31.2 Å². The second-order valence-corrected chi connectivity index (χ2v) is 6.55. The highest BCUT2D eigenvalue weighted by atomic mass is 127. The first-order chi connectivity index (χ1) is 11.7. The second-order valence-electron chi connectivity index (χ2n) is 6.14. The Bertz CT molecular complexity index is 522. The number of halogens is 2. The van der Waals surface area contributed by atoms with E-state index in [1.54, 1.807) is 0 Å². The summed E-state index contributed by atoms with van der Waals surface area (Å²) >= 11 is 6.17. The first-order valence-electron chi connectivity index (χ1n) is 8.85. The molecule has 2 rings (SSSR count). The van der Waals surface area contributed by atoms with Crippen LogP contribution in [0.5, 0.6) is 0 Å². The van der Waals surface area contributed by atoms with Gasteiger partial charge in [-0.2, -0.15) is 0 Å². The molecule has 1 fully saturated rings. The van der Waals surface area contributed by atoms with Crippen molar-refractivity contribution >= 4 is 41.5 Å². The predicted octanol–water partition coefficient (Wildman–Crippen LogP) is 2.86. The number of nitrogens with one attached hydrogen (secondary N) is 2. The van der Waals surface area contributed by atoms with E-state index in [-0.39, 0.29) is 30.1 Å². The average Bonchev–Trinajstić information content (AvgIpc) is 2.59. The maximum atomic E-state index is 9.53. The van der Waals surface area contributed by atoms with E-state index in [0.717, 1.165) is 68.5 Å². The van der Waals surface area contributed by atoms with Gasteiger partial charge >= 0.3 is 0 Å². The van der Waals surface area contributed by atoms with Crippen molar-refractivity contribution in [2.75, 3.05) is 32.7 Å². The van der Waals surface area contributed by atoms with Crippen LogP contribution in [0.1, 0.15) is 31.7 Å². The van der Waals surface area contributed by atoms with Gasteiger partial charge in [0.05, 0.1) is 12.6 Å². The van der Waals surface area contributed by atoms with Crippen LogP contribution in [0.4, 0.5) is 0 Å². The fraction of sp³-hybridized carbons (Fsp3) is 0.611. The molecule has 142 valence electrons. The molecular weight excluding hydrogens is 451 g/mol. The highest BCUT2D eigenvalue weighted by molar-refractivity contribution is 14.0. The third kappa shape index (κ3) is 8.57. The lowest BCUT2D eigenvalue weighted by Gasteiger charge is -2.29. The van der Waals surface area contributed by atoms with E-state index in [4.69, 9.17) is 11.6 Å². The number of rotatable bonds is 7. The largest absolute Gasteiger partial charge is 0.393 e. The van der Waals surface area contributed by atoms with Gasteiger partial charge in [-0.1, -0.05) is 29.8 Å². The molecule has 1 aromatic rings. The number of guanidine groups is 1. The minimum absolute atomic E-state index is 0. The molecule has 0 aliphatic carbocycles. The topological polar surface area (TPSA) is 59.9 Å². The summed E-state index contributed by atoms with van der Waals surface area (Å²) in [7, 11) is 0. The van der Waals surface area contributed by atoms with Gasteiger partial charge in [0.15, 0.2) is 5.96 Å². The Kier molecular flexibility index (Phi) is 11.4. The van der Waals surface area contributed by atoms with Crippen LogP contribution in [-0.4, -0.2) is 54.8 Å². The summed E-state index contributed by atoms with van der Waals surface area (Å²) in [6.45, 7) is 7.41. The summed E-state index contributed by atoms with van der Waals surface area (Å²) in [5.74, 6) is 0.825. The third-order valence-electron chi connectivity index (χ3n) is 4.21. The monoisotopic (exact) mass is 480 g/mol. The highest BCUT2D eigenvalue weighted by Gasteiger charge is 2.15. The molecule has 0 radical (unpaired) electrons. The van der Waals surface area contributed by atoms with Crippen molar-refractivity contribution in [3.05, 3.63) is 34.9 Å². The average molecular weight is 481 g/mol. The van der Waals surface area contributed by atoms with E-state index in [2.05, 4.69) is 27.4 Å². The minimum Gasteiger partial charge on any atom is -0.393 e. The summed E-state index contributed by atoms with van der Waals surface area (Å²) in [5, 5.41) is 16.9. The van der Waals surface area contributed by atoms with Crippen LogP contribution in [0.25, 0.3) is 0 Å². The summed E-state index contributed by atoms with van der Waals surface area (Å²) in [6, 6.07) is 7.80. The Morgan fingerprint density at radius 1 is 1.28 bits per heavy atom. The lowest BCUT2D eigenvalue weighted by molar-refractivity contribution is 0.0823. The zero-order valence-electron chi connectivity index (χ0n) is 14.9. The number of hydrogen-bond donors (Lipinski definition) is 3. The van der Waals surface area contributed by atoms with Gasteiger partial charge in [-0.15, -0.1) is 24.0 Å². The Labute approximate surface area is 173 Å². The van der Waals surface area contributed by atoms with E-state index >= 15 is 0 Å². The molecule has 0 bridgehead atoms. The maximum Gasteiger partial charge on any atom is 0.191 e. The Morgan fingerprint density at radius 3 is 2.68 bits per heavy atom. The van der Waals surface area contributed by atoms with Crippen LogP contribution in [0.15, 0.2) is 29.3 Å². The third-order valence-corrected chi connectivity index (χ3v) is 4.58. The SMILES string of the molecule is CCNC(=NCc1ccccc1Cl)NCCCN1CCC(O)CC1.I. The molecule has 1 aliphatic heterocycles. The van der Waals surface area contributed by atoms with Crippen LogP contribution in [0.3, 0.4) is 0 Å².